The van der Waals surface area contributed by atoms with E-state index in [1.165, 1.54) is 10.4 Å². The van der Waals surface area contributed by atoms with Crippen molar-refractivity contribution in [2.75, 3.05) is 24.6 Å². The highest BCUT2D eigenvalue weighted by molar-refractivity contribution is 7.92. The normalized spacial score (nSPS) is 15.5. The maximum absolute atomic E-state index is 12.4. The number of hydrogen-bond acceptors (Lipinski definition) is 5. The minimum atomic E-state index is -3.37. The summed E-state index contributed by atoms with van der Waals surface area (Å²) in [5.41, 5.74) is 2.39. The predicted octanol–water partition coefficient (Wildman–Crippen LogP) is 4.22. The highest BCUT2D eigenvalue weighted by Gasteiger charge is 2.26. The van der Waals surface area contributed by atoms with Crippen LogP contribution < -0.4 is 5.32 Å². The fourth-order valence-corrected chi connectivity index (χ4v) is 6.09. The number of benzene rings is 1. The molecular weight excluding hydrogens is 440 g/mol. The van der Waals surface area contributed by atoms with E-state index in [-0.39, 0.29) is 11.8 Å². The number of amides is 1. The molecule has 1 N–H and O–H groups in total. The molecular formula is C22H29ClN2O3S2. The SMILES string of the molecule is CCCCCS(=O)(=O)CC(=O)NCC(c1ccc(Cl)cc1)N1CCc2sccc2C1. The Hall–Kier alpha value is -1.41. The zero-order chi connectivity index (χ0) is 21.6. The number of carbonyl (C=O) groups is 1. The summed E-state index contributed by atoms with van der Waals surface area (Å²) in [6.07, 6.45) is 3.40. The topological polar surface area (TPSA) is 66.5 Å². The van der Waals surface area contributed by atoms with Gasteiger partial charge in [0.05, 0.1) is 11.8 Å². The van der Waals surface area contributed by atoms with Gasteiger partial charge in [0.15, 0.2) is 9.84 Å². The molecule has 1 unspecified atom stereocenters. The van der Waals surface area contributed by atoms with Gasteiger partial charge in [0.1, 0.15) is 5.75 Å². The molecule has 3 rings (SSSR count). The molecule has 164 valence electrons. The molecule has 2 aromatic rings. The van der Waals surface area contributed by atoms with Gasteiger partial charge in [0, 0.05) is 29.5 Å². The van der Waals surface area contributed by atoms with E-state index in [2.05, 4.69) is 21.7 Å². The zero-order valence-electron chi connectivity index (χ0n) is 17.3. The van der Waals surface area contributed by atoms with Crippen molar-refractivity contribution < 1.29 is 13.2 Å². The third-order valence-corrected chi connectivity index (χ3v) is 8.32. The van der Waals surface area contributed by atoms with E-state index >= 15 is 0 Å². The number of carbonyl (C=O) groups excluding carboxylic acids is 1. The second-order valence-corrected chi connectivity index (χ2v) is 11.4. The zero-order valence-corrected chi connectivity index (χ0v) is 19.7. The maximum Gasteiger partial charge on any atom is 0.235 e. The summed E-state index contributed by atoms with van der Waals surface area (Å²) < 4.78 is 24.4. The summed E-state index contributed by atoms with van der Waals surface area (Å²) in [5.74, 6) is -0.806. The van der Waals surface area contributed by atoms with E-state index in [4.69, 9.17) is 11.6 Å². The van der Waals surface area contributed by atoms with Crippen molar-refractivity contribution in [1.29, 1.82) is 0 Å². The largest absolute Gasteiger partial charge is 0.353 e. The van der Waals surface area contributed by atoms with Gasteiger partial charge in [-0.25, -0.2) is 8.42 Å². The molecule has 1 atom stereocenters. The van der Waals surface area contributed by atoms with E-state index < -0.39 is 21.5 Å². The fourth-order valence-electron chi connectivity index (χ4n) is 3.78. The van der Waals surface area contributed by atoms with Gasteiger partial charge in [-0.3, -0.25) is 9.69 Å². The van der Waals surface area contributed by atoms with Crippen molar-refractivity contribution in [3.8, 4) is 0 Å². The number of rotatable bonds is 10. The summed E-state index contributed by atoms with van der Waals surface area (Å²) in [6.45, 7) is 4.10. The van der Waals surface area contributed by atoms with E-state index in [1.54, 1.807) is 11.3 Å². The lowest BCUT2D eigenvalue weighted by Crippen LogP contribution is -2.41. The Kier molecular flexibility index (Phi) is 8.34. The van der Waals surface area contributed by atoms with Gasteiger partial charge < -0.3 is 5.32 Å². The first-order valence-corrected chi connectivity index (χ1v) is 13.5. The first-order valence-electron chi connectivity index (χ1n) is 10.4. The van der Waals surface area contributed by atoms with Crippen LogP contribution in [0.15, 0.2) is 35.7 Å². The smallest absolute Gasteiger partial charge is 0.235 e. The lowest BCUT2D eigenvalue weighted by atomic mass is 10.0. The molecule has 1 aliphatic rings. The quantitative estimate of drug-likeness (QED) is 0.530. The summed E-state index contributed by atoms with van der Waals surface area (Å²) in [7, 11) is -3.37. The Balaban J connectivity index is 1.66. The van der Waals surface area contributed by atoms with Crippen LogP contribution in [0.1, 0.15) is 48.2 Å². The van der Waals surface area contributed by atoms with Gasteiger partial charge in [0.2, 0.25) is 5.91 Å². The number of thiophene rings is 1. The van der Waals surface area contributed by atoms with Crippen LogP contribution in [0.5, 0.6) is 0 Å². The van der Waals surface area contributed by atoms with Crippen LogP contribution >= 0.6 is 22.9 Å². The third kappa shape index (κ3) is 6.54. The van der Waals surface area contributed by atoms with Crippen LogP contribution in [0, 0.1) is 0 Å². The number of nitrogens with zero attached hydrogens (tertiary/aromatic N) is 1. The van der Waals surface area contributed by atoms with Crippen LogP contribution in [0.25, 0.3) is 0 Å². The molecule has 2 heterocycles. The van der Waals surface area contributed by atoms with Gasteiger partial charge in [0.25, 0.3) is 0 Å². The molecule has 0 bridgehead atoms. The van der Waals surface area contributed by atoms with Crippen LogP contribution in [0.3, 0.4) is 0 Å². The van der Waals surface area contributed by atoms with E-state index in [9.17, 15) is 13.2 Å². The highest BCUT2D eigenvalue weighted by atomic mass is 35.5. The minimum absolute atomic E-state index is 0.0398. The monoisotopic (exact) mass is 468 g/mol. The lowest BCUT2D eigenvalue weighted by molar-refractivity contribution is -0.118. The van der Waals surface area contributed by atoms with Crippen LogP contribution in [0.2, 0.25) is 5.02 Å². The summed E-state index contributed by atoms with van der Waals surface area (Å²) in [6, 6.07) is 9.77. The van der Waals surface area contributed by atoms with Gasteiger partial charge in [-0.05, 0) is 47.5 Å². The third-order valence-electron chi connectivity index (χ3n) is 5.44. The molecule has 1 aromatic carbocycles. The number of halogens is 1. The standard InChI is InChI=1S/C22H29ClN2O3S2/c1-2-3-4-13-30(27,28)16-22(26)24-14-20(17-5-7-19(23)8-6-17)25-11-9-21-18(15-25)10-12-29-21/h5-8,10,12,20H,2-4,9,11,13-16H2,1H3,(H,24,26). The Bertz CT molecular complexity index is 942. The number of nitrogens with one attached hydrogen (secondary N) is 1. The van der Waals surface area contributed by atoms with Gasteiger partial charge in [-0.2, -0.15) is 0 Å². The molecule has 0 saturated carbocycles. The van der Waals surface area contributed by atoms with Gasteiger partial charge in [-0.15, -0.1) is 11.3 Å². The Morgan fingerprint density at radius 1 is 1.23 bits per heavy atom. The predicted molar refractivity (Wildman–Crippen MR) is 124 cm³/mol. The molecule has 0 saturated heterocycles. The number of sulfone groups is 1. The van der Waals surface area contributed by atoms with Crippen LogP contribution in [0.4, 0.5) is 0 Å². The number of fused-ring (bicyclic) bond motifs is 1. The van der Waals surface area contributed by atoms with Crippen molar-refractivity contribution in [3.05, 3.63) is 56.7 Å². The molecule has 30 heavy (non-hydrogen) atoms. The molecule has 5 nitrogen and oxygen atoms in total. The van der Waals surface area contributed by atoms with E-state index in [1.807, 2.05) is 31.2 Å². The van der Waals surface area contributed by atoms with Crippen molar-refractivity contribution in [3.63, 3.8) is 0 Å². The highest BCUT2D eigenvalue weighted by Crippen LogP contribution is 2.30. The van der Waals surface area contributed by atoms with E-state index in [0.717, 1.165) is 37.9 Å². The first kappa shape index (κ1) is 23.3. The number of unbranched alkanes of at least 4 members (excludes halogenated alkanes) is 2. The molecule has 0 spiro atoms. The minimum Gasteiger partial charge on any atom is -0.353 e. The molecule has 1 aromatic heterocycles. The molecule has 1 amide bonds. The molecule has 8 heteroatoms. The lowest BCUT2D eigenvalue weighted by Gasteiger charge is -2.35. The van der Waals surface area contributed by atoms with Crippen molar-refractivity contribution in [2.45, 2.75) is 45.2 Å². The molecule has 0 radical (unpaired) electrons. The summed E-state index contributed by atoms with van der Waals surface area (Å²) in [5, 5.41) is 5.65. The Morgan fingerprint density at radius 2 is 2.00 bits per heavy atom. The van der Waals surface area contributed by atoms with Crippen molar-refractivity contribution >= 4 is 38.7 Å². The molecule has 0 fully saturated rings. The van der Waals surface area contributed by atoms with E-state index in [0.29, 0.717) is 18.0 Å². The van der Waals surface area contributed by atoms with Crippen molar-refractivity contribution in [2.24, 2.45) is 0 Å². The first-order chi connectivity index (χ1) is 14.4. The number of hydrogen-bond donors (Lipinski definition) is 1. The fraction of sp³-hybridized carbons (Fsp3) is 0.500. The molecule has 1 aliphatic heterocycles. The average molecular weight is 469 g/mol. The summed E-state index contributed by atoms with van der Waals surface area (Å²) in [4.78, 5) is 16.2. The Morgan fingerprint density at radius 3 is 2.73 bits per heavy atom. The van der Waals surface area contributed by atoms with Crippen LogP contribution in [-0.2, 0) is 27.6 Å². The van der Waals surface area contributed by atoms with Crippen molar-refractivity contribution in [1.82, 2.24) is 10.2 Å². The average Bonchev–Trinajstić information content (AvgIpc) is 3.17. The van der Waals surface area contributed by atoms with Gasteiger partial charge >= 0.3 is 0 Å². The summed E-state index contributed by atoms with van der Waals surface area (Å²) >= 11 is 7.85. The second-order valence-electron chi connectivity index (χ2n) is 7.76. The van der Waals surface area contributed by atoms with Gasteiger partial charge in [-0.1, -0.05) is 43.5 Å². The maximum atomic E-state index is 12.4. The molecule has 0 aliphatic carbocycles. The Labute approximate surface area is 188 Å². The van der Waals surface area contributed by atoms with Crippen LogP contribution in [-0.4, -0.2) is 43.8 Å². The second kappa shape index (κ2) is 10.8.